The van der Waals surface area contributed by atoms with E-state index in [2.05, 4.69) is 0 Å². The molecule has 0 aliphatic carbocycles. The van der Waals surface area contributed by atoms with Crippen molar-refractivity contribution in [3.63, 3.8) is 0 Å². The Bertz CT molecular complexity index is 430. The number of hydrogen-bond acceptors (Lipinski definition) is 6. The molecular formula is C16H27NO4S2. The van der Waals surface area contributed by atoms with E-state index in [0.29, 0.717) is 13.0 Å². The normalized spacial score (nSPS) is 17.8. The maximum Gasteiger partial charge on any atom is 0.157 e. The minimum absolute atomic E-state index is 0. The van der Waals surface area contributed by atoms with Crippen molar-refractivity contribution in [2.75, 3.05) is 33.4 Å². The van der Waals surface area contributed by atoms with E-state index in [-0.39, 0.29) is 26.4 Å². The fourth-order valence-electron chi connectivity index (χ4n) is 2.18. The van der Waals surface area contributed by atoms with Crippen molar-refractivity contribution in [1.82, 2.24) is 4.31 Å². The van der Waals surface area contributed by atoms with Crippen LogP contribution < -0.4 is 4.18 Å². The minimum Gasteiger partial charge on any atom is -0.409 e. The summed E-state index contributed by atoms with van der Waals surface area (Å²) < 4.78 is 18.9. The summed E-state index contributed by atoms with van der Waals surface area (Å²) >= 11 is 1.29. The molecule has 1 aromatic carbocycles. The highest BCUT2D eigenvalue weighted by Gasteiger charge is 2.14. The van der Waals surface area contributed by atoms with Crippen LogP contribution in [0.5, 0.6) is 5.75 Å². The fraction of sp³-hybridized carbons (Fsp3) is 0.625. The first-order valence-electron chi connectivity index (χ1n) is 7.76. The van der Waals surface area contributed by atoms with Gasteiger partial charge in [-0.1, -0.05) is 12.1 Å². The molecule has 0 spiro atoms. The van der Waals surface area contributed by atoms with Crippen molar-refractivity contribution in [1.29, 1.82) is 0 Å². The predicted molar refractivity (Wildman–Crippen MR) is 98.0 cm³/mol. The van der Waals surface area contributed by atoms with Gasteiger partial charge in [0.2, 0.25) is 0 Å². The van der Waals surface area contributed by atoms with Crippen LogP contribution in [0.1, 0.15) is 24.8 Å². The molecule has 0 radical (unpaired) electrons. The van der Waals surface area contributed by atoms with Gasteiger partial charge < -0.3 is 18.8 Å². The number of aliphatic hydroxyl groups is 1. The molecule has 0 aromatic heterocycles. The number of nitrogens with zero attached hydrogens (tertiary/aromatic N) is 1. The Balaban J connectivity index is 0.00000264. The monoisotopic (exact) mass is 361 g/mol. The lowest BCUT2D eigenvalue weighted by Gasteiger charge is -2.23. The topological polar surface area (TPSA) is 51.2 Å². The number of benzene rings is 1. The molecule has 7 heteroatoms. The van der Waals surface area contributed by atoms with Gasteiger partial charge in [-0.2, -0.15) is 13.5 Å². The van der Waals surface area contributed by atoms with Gasteiger partial charge >= 0.3 is 0 Å². The molecule has 1 aliphatic rings. The maximum absolute atomic E-state index is 8.95. The van der Waals surface area contributed by atoms with Crippen LogP contribution in [0.15, 0.2) is 24.3 Å². The van der Waals surface area contributed by atoms with Gasteiger partial charge in [-0.3, -0.25) is 0 Å². The van der Waals surface area contributed by atoms with E-state index in [1.807, 2.05) is 35.6 Å². The Hall–Kier alpha value is -0.440. The molecule has 1 fully saturated rings. The van der Waals surface area contributed by atoms with Crippen LogP contribution in [-0.4, -0.2) is 49.1 Å². The van der Waals surface area contributed by atoms with Crippen molar-refractivity contribution in [2.24, 2.45) is 0 Å². The van der Waals surface area contributed by atoms with E-state index >= 15 is 0 Å². The molecule has 0 bridgehead atoms. The van der Waals surface area contributed by atoms with Crippen LogP contribution in [0, 0.1) is 0 Å². The number of hydrogen-bond donors (Lipinski definition) is 1. The minimum atomic E-state index is -0.0387. The van der Waals surface area contributed by atoms with Gasteiger partial charge in [-0.25, -0.2) is 4.31 Å². The summed E-state index contributed by atoms with van der Waals surface area (Å²) in [5, 5.41) is 8.95. The zero-order chi connectivity index (χ0) is 15.6. The first-order chi connectivity index (χ1) is 10.8. The van der Waals surface area contributed by atoms with E-state index < -0.39 is 0 Å². The van der Waals surface area contributed by atoms with Crippen molar-refractivity contribution in [3.8, 4) is 5.75 Å². The average molecular weight is 362 g/mol. The van der Waals surface area contributed by atoms with Gasteiger partial charge in [0.05, 0.1) is 6.61 Å². The molecule has 1 heterocycles. The van der Waals surface area contributed by atoms with Crippen molar-refractivity contribution < 1.29 is 18.8 Å². The van der Waals surface area contributed by atoms with Crippen LogP contribution in [0.25, 0.3) is 0 Å². The van der Waals surface area contributed by atoms with Crippen LogP contribution in [-0.2, 0) is 15.9 Å². The van der Waals surface area contributed by atoms with Crippen molar-refractivity contribution in [3.05, 3.63) is 29.8 Å². The first kappa shape index (κ1) is 20.6. The van der Waals surface area contributed by atoms with Crippen LogP contribution in [0.4, 0.5) is 0 Å². The molecule has 1 atom stereocenters. The Labute approximate surface area is 150 Å². The number of aliphatic hydroxyl groups excluding tert-OH is 1. The number of rotatable bonds is 9. The Morgan fingerprint density at radius 1 is 1.39 bits per heavy atom. The van der Waals surface area contributed by atoms with E-state index in [1.54, 1.807) is 0 Å². The third kappa shape index (κ3) is 8.28. The third-order valence-electron chi connectivity index (χ3n) is 3.41. The molecular weight excluding hydrogens is 334 g/mol. The second-order valence-electron chi connectivity index (χ2n) is 5.30. The highest BCUT2D eigenvalue weighted by Crippen LogP contribution is 2.20. The fourth-order valence-corrected chi connectivity index (χ4v) is 2.65. The van der Waals surface area contributed by atoms with E-state index in [9.17, 15) is 0 Å². The van der Waals surface area contributed by atoms with Gasteiger partial charge in [0, 0.05) is 26.8 Å². The Morgan fingerprint density at radius 3 is 3.00 bits per heavy atom. The van der Waals surface area contributed by atoms with Gasteiger partial charge in [-0.05, 0) is 43.4 Å². The van der Waals surface area contributed by atoms with E-state index in [4.69, 9.17) is 18.8 Å². The predicted octanol–water partition coefficient (Wildman–Crippen LogP) is 2.75. The smallest absolute Gasteiger partial charge is 0.157 e. The third-order valence-corrected chi connectivity index (χ3v) is 4.11. The van der Waals surface area contributed by atoms with Gasteiger partial charge in [0.1, 0.15) is 18.0 Å². The molecule has 0 saturated carbocycles. The molecule has 1 aromatic rings. The second kappa shape index (κ2) is 12.0. The summed E-state index contributed by atoms with van der Waals surface area (Å²) in [6, 6.07) is 7.78. The van der Waals surface area contributed by atoms with Crippen LogP contribution in [0.3, 0.4) is 0 Å². The number of ether oxygens (including phenoxy) is 2. The maximum atomic E-state index is 8.95. The standard InChI is InChI=1S/C16H25NO4S.H2S/c1-17(9-12-20-16-7-2-3-11-19-16)22-21-15-6-4-5-14(13-15)8-10-18;/h4-6,13,16,18H,2-3,7-12H2,1H3;1H2. The largest absolute Gasteiger partial charge is 0.409 e. The molecule has 23 heavy (non-hydrogen) atoms. The SMILES string of the molecule is CN(CCOC1CCCCO1)SOc1cccc(CCO)c1.S. The summed E-state index contributed by atoms with van der Waals surface area (Å²) in [6.45, 7) is 2.35. The molecule has 0 amide bonds. The van der Waals surface area contributed by atoms with Crippen LogP contribution >= 0.6 is 25.7 Å². The lowest BCUT2D eigenvalue weighted by atomic mass is 10.1. The highest BCUT2D eigenvalue weighted by atomic mass is 32.2. The summed E-state index contributed by atoms with van der Waals surface area (Å²) in [4.78, 5) is 0. The quantitative estimate of drug-likeness (QED) is 0.539. The van der Waals surface area contributed by atoms with Crippen molar-refractivity contribution >= 4 is 25.7 Å². The number of likely N-dealkylation sites (N-methyl/N-ethyl adjacent to an activating group) is 1. The molecule has 2 rings (SSSR count). The second-order valence-corrected chi connectivity index (χ2v) is 6.24. The zero-order valence-electron chi connectivity index (χ0n) is 13.6. The molecule has 1 unspecified atom stereocenters. The van der Waals surface area contributed by atoms with Gasteiger partial charge in [0.25, 0.3) is 0 Å². The summed E-state index contributed by atoms with van der Waals surface area (Å²) in [6.07, 6.45) is 3.92. The van der Waals surface area contributed by atoms with Crippen LogP contribution in [0.2, 0.25) is 0 Å². The average Bonchev–Trinajstić information content (AvgIpc) is 2.55. The molecule has 5 nitrogen and oxygen atoms in total. The van der Waals surface area contributed by atoms with Gasteiger partial charge in [0.15, 0.2) is 6.29 Å². The zero-order valence-corrected chi connectivity index (χ0v) is 15.4. The summed E-state index contributed by atoms with van der Waals surface area (Å²) in [5.41, 5.74) is 1.07. The Kier molecular flexibility index (Phi) is 10.7. The molecule has 1 N–H and O–H groups in total. The highest BCUT2D eigenvalue weighted by molar-refractivity contribution is 7.92. The molecule has 132 valence electrons. The molecule has 1 aliphatic heterocycles. The van der Waals surface area contributed by atoms with E-state index in [0.717, 1.165) is 37.3 Å². The van der Waals surface area contributed by atoms with Gasteiger partial charge in [-0.15, -0.1) is 0 Å². The summed E-state index contributed by atoms with van der Waals surface area (Å²) in [7, 11) is 1.97. The lowest BCUT2D eigenvalue weighted by Crippen LogP contribution is -2.26. The first-order valence-corrected chi connectivity index (χ1v) is 8.46. The summed E-state index contributed by atoms with van der Waals surface area (Å²) in [5.74, 6) is 0.791. The van der Waals surface area contributed by atoms with Crippen molar-refractivity contribution in [2.45, 2.75) is 32.0 Å². The van der Waals surface area contributed by atoms with E-state index in [1.165, 1.54) is 18.6 Å². The Morgan fingerprint density at radius 2 is 2.26 bits per heavy atom. The lowest BCUT2D eigenvalue weighted by molar-refractivity contribution is -0.162. The molecule has 1 saturated heterocycles.